The van der Waals surface area contributed by atoms with Gasteiger partial charge in [0.05, 0.1) is 22.3 Å². The number of pyridine rings is 1. The van der Waals surface area contributed by atoms with Crippen LogP contribution in [0.3, 0.4) is 0 Å². The number of nitrogens with one attached hydrogen (secondary N) is 1. The predicted octanol–water partition coefficient (Wildman–Crippen LogP) is 1.71. The smallest absolute Gasteiger partial charge is 0.140 e. The molecule has 5 heteroatoms. The maximum atomic E-state index is 9.17. The Morgan fingerprint density at radius 2 is 2.44 bits per heavy atom. The number of rotatable bonds is 1. The highest BCUT2D eigenvalue weighted by molar-refractivity contribution is 5.95. The number of aromatic nitrogens is 2. The Balaban J connectivity index is 2.23. The summed E-state index contributed by atoms with van der Waals surface area (Å²) in [6.07, 6.45) is 5.49. The molecule has 1 aliphatic rings. The van der Waals surface area contributed by atoms with Gasteiger partial charge in [-0.2, -0.15) is 5.26 Å². The number of H-pyrrole nitrogens is 1. The molecule has 2 aromatic rings. The Morgan fingerprint density at radius 1 is 1.61 bits per heavy atom. The van der Waals surface area contributed by atoms with Crippen molar-refractivity contribution in [1.29, 1.82) is 5.26 Å². The summed E-state index contributed by atoms with van der Waals surface area (Å²) in [6, 6.07) is 4.14. The van der Waals surface area contributed by atoms with E-state index < -0.39 is 0 Å². The van der Waals surface area contributed by atoms with Crippen molar-refractivity contribution in [3.8, 4) is 6.07 Å². The number of nitriles is 1. The van der Waals surface area contributed by atoms with Gasteiger partial charge >= 0.3 is 0 Å². The second-order valence-corrected chi connectivity index (χ2v) is 4.98. The van der Waals surface area contributed by atoms with Gasteiger partial charge < -0.3 is 15.6 Å². The largest absolute Gasteiger partial charge is 0.353 e. The van der Waals surface area contributed by atoms with Gasteiger partial charge in [-0.05, 0) is 25.8 Å². The average molecular weight is 241 g/mol. The fourth-order valence-electron chi connectivity index (χ4n) is 2.73. The van der Waals surface area contributed by atoms with Crippen LogP contribution in [0.15, 0.2) is 18.5 Å². The first-order valence-corrected chi connectivity index (χ1v) is 6.06. The number of nitrogens with zero attached hydrogens (tertiary/aromatic N) is 3. The number of anilines is 1. The van der Waals surface area contributed by atoms with Crippen LogP contribution in [0.5, 0.6) is 0 Å². The van der Waals surface area contributed by atoms with Crippen molar-refractivity contribution in [1.82, 2.24) is 9.97 Å². The van der Waals surface area contributed by atoms with Gasteiger partial charge in [0.25, 0.3) is 0 Å². The van der Waals surface area contributed by atoms with Crippen LogP contribution in [0, 0.1) is 11.3 Å². The Kier molecular flexibility index (Phi) is 2.28. The lowest BCUT2D eigenvalue weighted by Gasteiger charge is -2.33. The van der Waals surface area contributed by atoms with Crippen molar-refractivity contribution in [3.05, 3.63) is 24.0 Å². The molecule has 0 radical (unpaired) electrons. The van der Waals surface area contributed by atoms with Gasteiger partial charge in [0.1, 0.15) is 11.7 Å². The molecule has 0 spiro atoms. The lowest BCUT2D eigenvalue weighted by atomic mass is 10.1. The van der Waals surface area contributed by atoms with Crippen LogP contribution in [0.4, 0.5) is 5.69 Å². The van der Waals surface area contributed by atoms with Crippen molar-refractivity contribution >= 4 is 16.7 Å². The first-order chi connectivity index (χ1) is 8.63. The molecular weight excluding hydrogens is 226 g/mol. The normalized spacial score (nSPS) is 23.5. The fraction of sp³-hybridized carbons (Fsp3) is 0.385. The van der Waals surface area contributed by atoms with Crippen LogP contribution in [-0.2, 0) is 0 Å². The summed E-state index contributed by atoms with van der Waals surface area (Å²) in [4.78, 5) is 9.46. The topological polar surface area (TPSA) is 81.7 Å². The Morgan fingerprint density at radius 3 is 3.11 bits per heavy atom. The number of fused-ring (bicyclic) bond motifs is 1. The fourth-order valence-corrected chi connectivity index (χ4v) is 2.73. The minimum atomic E-state index is -0.349. The molecular formula is C13H15N5. The monoisotopic (exact) mass is 241 g/mol. The number of hydrogen-bond donors (Lipinski definition) is 2. The quantitative estimate of drug-likeness (QED) is 0.796. The van der Waals surface area contributed by atoms with E-state index in [4.69, 9.17) is 5.73 Å². The summed E-state index contributed by atoms with van der Waals surface area (Å²) in [6.45, 7) is 2.95. The summed E-state index contributed by atoms with van der Waals surface area (Å²) < 4.78 is 0. The second-order valence-electron chi connectivity index (χ2n) is 4.98. The molecule has 3 N–H and O–H groups in total. The van der Waals surface area contributed by atoms with E-state index in [2.05, 4.69) is 20.9 Å². The predicted molar refractivity (Wildman–Crippen MR) is 70.0 cm³/mol. The third-order valence-electron chi connectivity index (χ3n) is 3.64. The molecule has 0 bridgehead atoms. The van der Waals surface area contributed by atoms with Gasteiger partial charge in [0.15, 0.2) is 0 Å². The van der Waals surface area contributed by atoms with Crippen molar-refractivity contribution in [3.63, 3.8) is 0 Å². The van der Waals surface area contributed by atoms with Crippen LogP contribution < -0.4 is 10.6 Å². The first-order valence-electron chi connectivity index (χ1n) is 6.06. The third kappa shape index (κ3) is 1.46. The Bertz CT molecular complexity index is 634. The average Bonchev–Trinajstić information content (AvgIpc) is 2.91. The molecule has 3 heterocycles. The van der Waals surface area contributed by atoms with E-state index in [0.29, 0.717) is 5.56 Å². The van der Waals surface area contributed by atoms with Crippen LogP contribution in [0.25, 0.3) is 11.0 Å². The molecule has 1 aliphatic heterocycles. The van der Waals surface area contributed by atoms with Crippen molar-refractivity contribution in [2.24, 2.45) is 5.73 Å². The lowest BCUT2D eigenvalue weighted by Crippen LogP contribution is -2.49. The SMILES string of the molecule is C[C@]1(N)CCCN1c1ccnc2[nH]cc(C#N)c12. The molecule has 0 aromatic carbocycles. The zero-order chi connectivity index (χ0) is 12.8. The molecule has 18 heavy (non-hydrogen) atoms. The van der Waals surface area contributed by atoms with Crippen LogP contribution in [0.2, 0.25) is 0 Å². The van der Waals surface area contributed by atoms with Gasteiger partial charge in [-0.15, -0.1) is 0 Å². The van der Waals surface area contributed by atoms with Gasteiger partial charge in [0, 0.05) is 18.9 Å². The zero-order valence-corrected chi connectivity index (χ0v) is 10.3. The van der Waals surface area contributed by atoms with Gasteiger partial charge in [-0.1, -0.05) is 0 Å². The van der Waals surface area contributed by atoms with E-state index in [0.717, 1.165) is 36.1 Å². The highest BCUT2D eigenvalue weighted by Gasteiger charge is 2.34. The molecule has 3 rings (SSSR count). The van der Waals surface area contributed by atoms with E-state index in [1.807, 2.05) is 13.0 Å². The molecule has 92 valence electrons. The third-order valence-corrected chi connectivity index (χ3v) is 3.64. The zero-order valence-electron chi connectivity index (χ0n) is 10.3. The van der Waals surface area contributed by atoms with Crippen LogP contribution in [-0.4, -0.2) is 22.2 Å². The van der Waals surface area contributed by atoms with E-state index >= 15 is 0 Å². The first kappa shape index (κ1) is 11.1. The molecule has 0 amide bonds. The standard InChI is InChI=1S/C13H15N5/c1-13(15)4-2-6-18(13)10-3-5-16-12-11(10)9(7-14)8-17-12/h3,5,8H,2,4,6,15H2,1H3,(H,16,17)/t13-/m1/s1. The molecule has 0 aliphatic carbocycles. The van der Waals surface area contributed by atoms with Gasteiger partial charge in [0.2, 0.25) is 0 Å². The van der Waals surface area contributed by atoms with Crippen molar-refractivity contribution in [2.75, 3.05) is 11.4 Å². The Hall–Kier alpha value is -2.06. The van der Waals surface area contributed by atoms with Crippen LogP contribution >= 0.6 is 0 Å². The molecule has 0 saturated carbocycles. The van der Waals surface area contributed by atoms with Gasteiger partial charge in [-0.3, -0.25) is 0 Å². The Labute approximate surface area is 105 Å². The minimum absolute atomic E-state index is 0.349. The van der Waals surface area contributed by atoms with Crippen molar-refractivity contribution < 1.29 is 0 Å². The van der Waals surface area contributed by atoms with E-state index in [1.165, 1.54) is 0 Å². The van der Waals surface area contributed by atoms with Gasteiger partial charge in [-0.25, -0.2) is 4.98 Å². The number of aromatic amines is 1. The highest BCUT2D eigenvalue weighted by atomic mass is 15.3. The summed E-state index contributed by atoms with van der Waals surface area (Å²) in [5.74, 6) is 0. The molecule has 1 saturated heterocycles. The molecule has 1 fully saturated rings. The summed E-state index contributed by atoms with van der Waals surface area (Å²) >= 11 is 0. The highest BCUT2D eigenvalue weighted by Crippen LogP contribution is 2.35. The van der Waals surface area contributed by atoms with E-state index in [1.54, 1.807) is 12.4 Å². The minimum Gasteiger partial charge on any atom is -0.353 e. The molecule has 2 aromatic heterocycles. The number of nitrogens with two attached hydrogens (primary N) is 1. The van der Waals surface area contributed by atoms with E-state index in [-0.39, 0.29) is 5.66 Å². The van der Waals surface area contributed by atoms with Crippen molar-refractivity contribution in [2.45, 2.75) is 25.4 Å². The summed E-state index contributed by atoms with van der Waals surface area (Å²) in [7, 11) is 0. The van der Waals surface area contributed by atoms with Crippen LogP contribution in [0.1, 0.15) is 25.3 Å². The maximum Gasteiger partial charge on any atom is 0.140 e. The van der Waals surface area contributed by atoms with E-state index in [9.17, 15) is 5.26 Å². The molecule has 5 nitrogen and oxygen atoms in total. The summed E-state index contributed by atoms with van der Waals surface area (Å²) in [5.41, 5.74) is 8.33. The number of hydrogen-bond acceptors (Lipinski definition) is 4. The maximum absolute atomic E-state index is 9.17. The lowest BCUT2D eigenvalue weighted by molar-refractivity contribution is 0.490. The summed E-state index contributed by atoms with van der Waals surface area (Å²) in [5, 5.41) is 10.0. The molecule has 0 unspecified atom stereocenters. The molecule has 1 atom stereocenters. The second kappa shape index (κ2) is 3.72.